The molecule has 19 heavy (non-hydrogen) atoms. The van der Waals surface area contributed by atoms with Crippen molar-refractivity contribution in [3.05, 3.63) is 36.0 Å². The number of aromatic nitrogens is 1. The molecule has 0 bridgehead atoms. The fourth-order valence-electron chi connectivity index (χ4n) is 3.46. The van der Waals surface area contributed by atoms with Gasteiger partial charge in [-0.05, 0) is 30.4 Å². The van der Waals surface area contributed by atoms with Gasteiger partial charge in [0.25, 0.3) is 0 Å². The summed E-state index contributed by atoms with van der Waals surface area (Å²) < 4.78 is 0. The van der Waals surface area contributed by atoms with Crippen molar-refractivity contribution in [1.29, 1.82) is 0 Å². The fourth-order valence-corrected chi connectivity index (χ4v) is 3.46. The molecule has 3 heteroatoms. The third kappa shape index (κ3) is 2.07. The summed E-state index contributed by atoms with van der Waals surface area (Å²) in [5.41, 5.74) is 2.79. The number of nitrogens with zero attached hydrogens (tertiary/aromatic N) is 1. The smallest absolute Gasteiger partial charge is 0.0457 e. The van der Waals surface area contributed by atoms with Crippen LogP contribution in [0.25, 0.3) is 10.9 Å². The molecule has 1 saturated carbocycles. The topological polar surface area (TPSA) is 31.1 Å². The van der Waals surface area contributed by atoms with Gasteiger partial charge in [0.05, 0.1) is 0 Å². The molecule has 100 valence electrons. The molecule has 2 heterocycles. The number of rotatable bonds is 3. The van der Waals surface area contributed by atoms with Crippen molar-refractivity contribution >= 4 is 10.9 Å². The van der Waals surface area contributed by atoms with E-state index in [9.17, 15) is 0 Å². The van der Waals surface area contributed by atoms with Crippen LogP contribution < -0.4 is 5.32 Å². The van der Waals surface area contributed by atoms with Gasteiger partial charge in [0.2, 0.25) is 0 Å². The fraction of sp³-hybridized carbons (Fsp3) is 0.500. The highest BCUT2D eigenvalue weighted by Gasteiger charge is 2.37. The second-order valence-electron chi connectivity index (χ2n) is 5.86. The molecule has 2 fully saturated rings. The lowest BCUT2D eigenvalue weighted by molar-refractivity contribution is 0.157. The Morgan fingerprint density at radius 2 is 1.89 bits per heavy atom. The Kier molecular flexibility index (Phi) is 2.82. The van der Waals surface area contributed by atoms with E-state index in [0.717, 1.165) is 19.0 Å². The van der Waals surface area contributed by atoms with Crippen LogP contribution >= 0.6 is 0 Å². The van der Waals surface area contributed by atoms with E-state index in [0.29, 0.717) is 6.04 Å². The first-order valence-corrected chi connectivity index (χ1v) is 7.44. The van der Waals surface area contributed by atoms with Gasteiger partial charge in [0.1, 0.15) is 0 Å². The predicted octanol–water partition coefficient (Wildman–Crippen LogP) is 2.52. The minimum Gasteiger partial charge on any atom is -0.361 e. The van der Waals surface area contributed by atoms with Gasteiger partial charge in [0, 0.05) is 49.3 Å². The quantitative estimate of drug-likeness (QED) is 0.883. The van der Waals surface area contributed by atoms with Gasteiger partial charge in [-0.3, -0.25) is 4.90 Å². The van der Waals surface area contributed by atoms with Crippen molar-refractivity contribution in [3.63, 3.8) is 0 Å². The Bertz CT molecular complexity index is 564. The summed E-state index contributed by atoms with van der Waals surface area (Å²) in [5, 5.41) is 4.88. The molecule has 0 radical (unpaired) electrons. The Morgan fingerprint density at radius 1 is 1.11 bits per heavy atom. The molecule has 0 amide bonds. The van der Waals surface area contributed by atoms with Crippen LogP contribution in [0.4, 0.5) is 0 Å². The Balaban J connectivity index is 1.73. The second-order valence-corrected chi connectivity index (χ2v) is 5.86. The van der Waals surface area contributed by atoms with E-state index in [4.69, 9.17) is 0 Å². The molecule has 2 N–H and O–H groups in total. The minimum atomic E-state index is 0.623. The zero-order valence-electron chi connectivity index (χ0n) is 11.2. The summed E-state index contributed by atoms with van der Waals surface area (Å²) >= 11 is 0. The summed E-state index contributed by atoms with van der Waals surface area (Å²) in [6.45, 7) is 4.62. The lowest BCUT2D eigenvalue weighted by Gasteiger charge is -2.35. The third-order valence-electron chi connectivity index (χ3n) is 4.55. The van der Waals surface area contributed by atoms with Gasteiger partial charge in [-0.2, -0.15) is 0 Å². The van der Waals surface area contributed by atoms with Crippen LogP contribution in [0.1, 0.15) is 24.4 Å². The zero-order valence-corrected chi connectivity index (χ0v) is 11.2. The van der Waals surface area contributed by atoms with E-state index in [1.165, 1.54) is 42.4 Å². The van der Waals surface area contributed by atoms with Gasteiger partial charge >= 0.3 is 0 Å². The molecule has 4 rings (SSSR count). The van der Waals surface area contributed by atoms with Crippen molar-refractivity contribution in [2.75, 3.05) is 26.2 Å². The number of benzene rings is 1. The number of hydrogen-bond acceptors (Lipinski definition) is 2. The van der Waals surface area contributed by atoms with Crippen molar-refractivity contribution in [2.24, 2.45) is 5.92 Å². The maximum absolute atomic E-state index is 3.46. The van der Waals surface area contributed by atoms with Crippen LogP contribution in [0.5, 0.6) is 0 Å². The maximum Gasteiger partial charge on any atom is 0.0457 e. The molecule has 0 spiro atoms. The van der Waals surface area contributed by atoms with E-state index >= 15 is 0 Å². The van der Waals surface area contributed by atoms with Crippen molar-refractivity contribution < 1.29 is 0 Å². The van der Waals surface area contributed by atoms with Crippen molar-refractivity contribution in [3.8, 4) is 0 Å². The Labute approximate surface area is 114 Å². The highest BCUT2D eigenvalue weighted by molar-refractivity contribution is 5.83. The van der Waals surface area contributed by atoms with Crippen LogP contribution in [-0.4, -0.2) is 36.1 Å². The number of hydrogen-bond donors (Lipinski definition) is 2. The number of piperazine rings is 1. The van der Waals surface area contributed by atoms with Crippen LogP contribution in [0.2, 0.25) is 0 Å². The third-order valence-corrected chi connectivity index (χ3v) is 4.55. The van der Waals surface area contributed by atoms with Gasteiger partial charge in [0.15, 0.2) is 0 Å². The van der Waals surface area contributed by atoms with E-state index < -0.39 is 0 Å². The molecule has 1 saturated heterocycles. The summed E-state index contributed by atoms with van der Waals surface area (Å²) in [5.74, 6) is 0.873. The monoisotopic (exact) mass is 255 g/mol. The molecule has 1 aromatic heterocycles. The number of para-hydroxylation sites is 1. The lowest BCUT2D eigenvalue weighted by Crippen LogP contribution is -2.45. The molecule has 2 aromatic rings. The first-order valence-electron chi connectivity index (χ1n) is 7.44. The molecule has 3 nitrogen and oxygen atoms in total. The highest BCUT2D eigenvalue weighted by atomic mass is 15.2. The minimum absolute atomic E-state index is 0.623. The molecule has 0 unspecified atom stereocenters. The summed E-state index contributed by atoms with van der Waals surface area (Å²) in [6.07, 6.45) is 5.04. The Morgan fingerprint density at radius 3 is 2.68 bits per heavy atom. The average Bonchev–Trinajstić information content (AvgIpc) is 3.21. The first kappa shape index (κ1) is 11.5. The molecule has 1 aliphatic heterocycles. The molecule has 1 atom stereocenters. The SMILES string of the molecule is c1ccc2c([C@@H](C3CC3)N3CCNCC3)c[nH]c2c1. The summed E-state index contributed by atoms with van der Waals surface area (Å²) in [7, 11) is 0. The van der Waals surface area contributed by atoms with Crippen molar-refractivity contribution in [1.82, 2.24) is 15.2 Å². The van der Waals surface area contributed by atoms with Gasteiger partial charge in [-0.1, -0.05) is 18.2 Å². The predicted molar refractivity (Wildman–Crippen MR) is 78.2 cm³/mol. The van der Waals surface area contributed by atoms with Gasteiger partial charge in [-0.15, -0.1) is 0 Å². The standard InChI is InChI=1S/C16H21N3/c1-2-4-15-13(3-1)14(11-18-15)16(12-5-6-12)19-9-7-17-8-10-19/h1-4,11-12,16-18H,5-10H2/t16-/m1/s1. The van der Waals surface area contributed by atoms with Crippen LogP contribution in [0.3, 0.4) is 0 Å². The van der Waals surface area contributed by atoms with Crippen molar-refractivity contribution in [2.45, 2.75) is 18.9 Å². The van der Waals surface area contributed by atoms with Gasteiger partial charge in [-0.25, -0.2) is 0 Å². The summed E-state index contributed by atoms with van der Waals surface area (Å²) in [6, 6.07) is 9.33. The van der Waals surface area contributed by atoms with E-state index in [-0.39, 0.29) is 0 Å². The van der Waals surface area contributed by atoms with Crippen LogP contribution in [0.15, 0.2) is 30.5 Å². The Hall–Kier alpha value is -1.32. The summed E-state index contributed by atoms with van der Waals surface area (Å²) in [4.78, 5) is 6.13. The van der Waals surface area contributed by atoms with E-state index in [1.54, 1.807) is 0 Å². The number of nitrogens with one attached hydrogen (secondary N) is 2. The molecule has 1 aromatic carbocycles. The molecular weight excluding hydrogens is 234 g/mol. The van der Waals surface area contributed by atoms with Gasteiger partial charge < -0.3 is 10.3 Å². The average molecular weight is 255 g/mol. The molecule has 1 aliphatic carbocycles. The highest BCUT2D eigenvalue weighted by Crippen LogP contribution is 2.46. The number of aromatic amines is 1. The second kappa shape index (κ2) is 4.66. The molecular formula is C16H21N3. The number of H-pyrrole nitrogens is 1. The zero-order chi connectivity index (χ0) is 12.7. The largest absolute Gasteiger partial charge is 0.361 e. The molecule has 2 aliphatic rings. The van der Waals surface area contributed by atoms with Crippen LogP contribution in [-0.2, 0) is 0 Å². The first-order chi connectivity index (χ1) is 9.43. The normalized spacial score (nSPS) is 22.7. The van der Waals surface area contributed by atoms with E-state index in [2.05, 4.69) is 45.7 Å². The van der Waals surface area contributed by atoms with Crippen LogP contribution in [0, 0.1) is 5.92 Å². The lowest BCUT2D eigenvalue weighted by atomic mass is 9.99. The number of fused-ring (bicyclic) bond motifs is 1. The van der Waals surface area contributed by atoms with E-state index in [1.807, 2.05) is 0 Å². The maximum atomic E-state index is 3.46.